The van der Waals surface area contributed by atoms with Crippen LogP contribution >= 0.6 is 0 Å². The Morgan fingerprint density at radius 3 is 2.40 bits per heavy atom. The van der Waals surface area contributed by atoms with Crippen LogP contribution in [0.25, 0.3) is 10.8 Å². The van der Waals surface area contributed by atoms with E-state index < -0.39 is 5.97 Å². The molecular formula is C19H18N2O4. The lowest BCUT2D eigenvalue weighted by molar-refractivity contribution is 0.0443. The number of carbonyl (C=O) groups excluding carboxylic acids is 1. The van der Waals surface area contributed by atoms with E-state index in [-0.39, 0.29) is 24.5 Å². The molecule has 2 aromatic carbocycles. The quantitative estimate of drug-likeness (QED) is 0.510. The van der Waals surface area contributed by atoms with Crippen LogP contribution in [0.15, 0.2) is 59.4 Å². The molecule has 1 aromatic heterocycles. The summed E-state index contributed by atoms with van der Waals surface area (Å²) in [6.07, 6.45) is 0. The Labute approximate surface area is 144 Å². The van der Waals surface area contributed by atoms with Crippen LogP contribution in [0.1, 0.15) is 17.4 Å². The highest BCUT2D eigenvalue weighted by Gasteiger charge is 2.17. The first kappa shape index (κ1) is 16.7. The zero-order chi connectivity index (χ0) is 17.6. The lowest BCUT2D eigenvalue weighted by atomic mass is 10.1. The first-order valence-electron chi connectivity index (χ1n) is 8.05. The summed E-state index contributed by atoms with van der Waals surface area (Å²) < 4.78 is 12.0. The third-order valence-electron chi connectivity index (χ3n) is 3.69. The van der Waals surface area contributed by atoms with E-state index in [2.05, 4.69) is 5.10 Å². The number of nitrogens with zero attached hydrogens (tertiary/aromatic N) is 2. The molecule has 0 fully saturated rings. The minimum Gasteiger partial charge on any atom is -0.490 e. The highest BCUT2D eigenvalue weighted by Crippen LogP contribution is 2.14. The summed E-state index contributed by atoms with van der Waals surface area (Å²) in [5, 5.41) is 5.09. The van der Waals surface area contributed by atoms with Crippen LogP contribution in [0.5, 0.6) is 5.75 Å². The fourth-order valence-electron chi connectivity index (χ4n) is 2.48. The molecule has 128 valence electrons. The Balaban J connectivity index is 1.73. The van der Waals surface area contributed by atoms with Gasteiger partial charge in [0.2, 0.25) is 0 Å². The summed E-state index contributed by atoms with van der Waals surface area (Å²) in [6, 6.07) is 16.2. The number of esters is 1. The number of carbonyl (C=O) groups is 1. The van der Waals surface area contributed by atoms with Crippen molar-refractivity contribution in [1.82, 2.24) is 9.78 Å². The Hall–Kier alpha value is -3.15. The van der Waals surface area contributed by atoms with Gasteiger partial charge >= 0.3 is 5.97 Å². The molecule has 6 nitrogen and oxygen atoms in total. The Kier molecular flexibility index (Phi) is 5.09. The molecule has 0 unspecified atom stereocenters. The number of para-hydroxylation sites is 1. The second-order valence-electron chi connectivity index (χ2n) is 5.31. The second kappa shape index (κ2) is 7.61. The van der Waals surface area contributed by atoms with E-state index in [4.69, 9.17) is 9.47 Å². The number of hydrogen-bond acceptors (Lipinski definition) is 5. The molecule has 1 heterocycles. The average molecular weight is 338 g/mol. The average Bonchev–Trinajstić information content (AvgIpc) is 2.66. The van der Waals surface area contributed by atoms with Crippen molar-refractivity contribution < 1.29 is 14.3 Å². The second-order valence-corrected chi connectivity index (χ2v) is 5.31. The van der Waals surface area contributed by atoms with E-state index in [0.717, 1.165) is 0 Å². The van der Waals surface area contributed by atoms with Crippen LogP contribution in [0.2, 0.25) is 0 Å². The predicted octanol–water partition coefficient (Wildman–Crippen LogP) is 2.65. The van der Waals surface area contributed by atoms with Crippen LogP contribution in [-0.2, 0) is 11.3 Å². The SMILES string of the molecule is CCn1nc(C(=O)OCCOc2ccccc2)c2ccccc2c1=O. The van der Waals surface area contributed by atoms with E-state index in [1.807, 2.05) is 30.3 Å². The molecule has 0 N–H and O–H groups in total. The summed E-state index contributed by atoms with van der Waals surface area (Å²) in [5.41, 5.74) is -0.0844. The molecule has 25 heavy (non-hydrogen) atoms. The summed E-state index contributed by atoms with van der Waals surface area (Å²) in [7, 11) is 0. The number of aryl methyl sites for hydroxylation is 1. The Morgan fingerprint density at radius 2 is 1.68 bits per heavy atom. The number of hydrogen-bond donors (Lipinski definition) is 0. The molecule has 0 bridgehead atoms. The van der Waals surface area contributed by atoms with Crippen LogP contribution < -0.4 is 10.3 Å². The van der Waals surface area contributed by atoms with Gasteiger partial charge in [-0.2, -0.15) is 5.10 Å². The maximum atomic E-state index is 12.4. The monoisotopic (exact) mass is 338 g/mol. The molecule has 0 saturated heterocycles. The topological polar surface area (TPSA) is 70.4 Å². The van der Waals surface area contributed by atoms with Gasteiger partial charge in [0.05, 0.1) is 5.39 Å². The van der Waals surface area contributed by atoms with Gasteiger partial charge in [-0.3, -0.25) is 4.79 Å². The smallest absolute Gasteiger partial charge is 0.359 e. The third kappa shape index (κ3) is 3.68. The van der Waals surface area contributed by atoms with Gasteiger partial charge in [-0.15, -0.1) is 0 Å². The van der Waals surface area contributed by atoms with Crippen LogP contribution in [0, 0.1) is 0 Å². The van der Waals surface area contributed by atoms with Crippen molar-refractivity contribution in [3.63, 3.8) is 0 Å². The van der Waals surface area contributed by atoms with Crippen molar-refractivity contribution in [3.05, 3.63) is 70.6 Å². The molecule has 0 spiro atoms. The van der Waals surface area contributed by atoms with Gasteiger partial charge in [0.15, 0.2) is 5.69 Å². The van der Waals surface area contributed by atoms with Gasteiger partial charge in [0, 0.05) is 11.9 Å². The van der Waals surface area contributed by atoms with Crippen molar-refractivity contribution in [2.45, 2.75) is 13.5 Å². The summed E-state index contributed by atoms with van der Waals surface area (Å²) in [5.74, 6) is 0.136. The van der Waals surface area contributed by atoms with Crippen molar-refractivity contribution in [3.8, 4) is 5.75 Å². The van der Waals surface area contributed by atoms with E-state index in [0.29, 0.717) is 23.1 Å². The number of fused-ring (bicyclic) bond motifs is 1. The molecule has 0 radical (unpaired) electrons. The van der Waals surface area contributed by atoms with Crippen LogP contribution in [0.4, 0.5) is 0 Å². The first-order valence-corrected chi connectivity index (χ1v) is 8.05. The molecule has 0 amide bonds. The minimum atomic E-state index is -0.574. The zero-order valence-electron chi connectivity index (χ0n) is 13.8. The molecule has 0 saturated carbocycles. The van der Waals surface area contributed by atoms with Gasteiger partial charge in [0.25, 0.3) is 5.56 Å². The molecule has 6 heteroatoms. The minimum absolute atomic E-state index is 0.0922. The van der Waals surface area contributed by atoms with E-state index in [9.17, 15) is 9.59 Å². The summed E-state index contributed by atoms with van der Waals surface area (Å²) >= 11 is 0. The van der Waals surface area contributed by atoms with Crippen molar-refractivity contribution >= 4 is 16.7 Å². The summed E-state index contributed by atoms with van der Waals surface area (Å²) in [4.78, 5) is 24.7. The normalized spacial score (nSPS) is 10.6. The first-order chi connectivity index (χ1) is 12.2. The fraction of sp³-hybridized carbons (Fsp3) is 0.211. The Bertz CT molecular complexity index is 935. The summed E-state index contributed by atoms with van der Waals surface area (Å²) in [6.45, 7) is 2.50. The number of ether oxygens (including phenoxy) is 2. The standard InChI is InChI=1S/C19H18N2O4/c1-2-21-18(22)16-11-7-6-10-15(16)17(20-21)19(23)25-13-12-24-14-8-4-3-5-9-14/h3-11H,2,12-13H2,1H3. The van der Waals surface area contributed by atoms with Crippen LogP contribution in [-0.4, -0.2) is 29.0 Å². The third-order valence-corrected chi connectivity index (χ3v) is 3.69. The van der Waals surface area contributed by atoms with E-state index >= 15 is 0 Å². The highest BCUT2D eigenvalue weighted by molar-refractivity contribution is 6.02. The zero-order valence-corrected chi connectivity index (χ0v) is 13.8. The maximum absolute atomic E-state index is 12.4. The lowest BCUT2D eigenvalue weighted by Gasteiger charge is -2.10. The highest BCUT2D eigenvalue weighted by atomic mass is 16.6. The van der Waals surface area contributed by atoms with Crippen molar-refractivity contribution in [1.29, 1.82) is 0 Å². The molecule has 0 atom stereocenters. The van der Waals surface area contributed by atoms with E-state index in [1.54, 1.807) is 31.2 Å². The van der Waals surface area contributed by atoms with Gasteiger partial charge in [0.1, 0.15) is 19.0 Å². The van der Waals surface area contributed by atoms with Crippen molar-refractivity contribution in [2.75, 3.05) is 13.2 Å². The fourth-order valence-corrected chi connectivity index (χ4v) is 2.48. The number of benzene rings is 2. The molecule has 0 aliphatic carbocycles. The molecule has 3 rings (SSSR count). The molecule has 0 aliphatic heterocycles. The molecule has 0 aliphatic rings. The van der Waals surface area contributed by atoms with Gasteiger partial charge < -0.3 is 9.47 Å². The number of aromatic nitrogens is 2. The molecule has 3 aromatic rings. The lowest BCUT2D eigenvalue weighted by Crippen LogP contribution is -2.26. The molecular weight excluding hydrogens is 320 g/mol. The van der Waals surface area contributed by atoms with Gasteiger partial charge in [-0.25, -0.2) is 9.48 Å². The van der Waals surface area contributed by atoms with Crippen molar-refractivity contribution in [2.24, 2.45) is 0 Å². The predicted molar refractivity (Wildman–Crippen MR) is 93.9 cm³/mol. The van der Waals surface area contributed by atoms with Crippen LogP contribution in [0.3, 0.4) is 0 Å². The number of rotatable bonds is 6. The largest absolute Gasteiger partial charge is 0.490 e. The Morgan fingerprint density at radius 1 is 1.00 bits per heavy atom. The maximum Gasteiger partial charge on any atom is 0.359 e. The van der Waals surface area contributed by atoms with Gasteiger partial charge in [-0.05, 0) is 25.1 Å². The van der Waals surface area contributed by atoms with Gasteiger partial charge in [-0.1, -0.05) is 36.4 Å². The van der Waals surface area contributed by atoms with E-state index in [1.165, 1.54) is 4.68 Å².